The molecule has 102 valence electrons. The maximum Gasteiger partial charge on any atom is 0.185 e. The van der Waals surface area contributed by atoms with Gasteiger partial charge in [-0.3, -0.25) is 0 Å². The van der Waals surface area contributed by atoms with Gasteiger partial charge in [0.25, 0.3) is 0 Å². The first-order chi connectivity index (χ1) is 8.83. The smallest absolute Gasteiger partial charge is 0.185 e. The first-order valence-corrected chi connectivity index (χ1v) is 7.63. The molecule has 1 saturated heterocycles. The van der Waals surface area contributed by atoms with E-state index in [-0.39, 0.29) is 0 Å². The molecule has 0 aliphatic carbocycles. The van der Waals surface area contributed by atoms with Gasteiger partial charge >= 0.3 is 0 Å². The third-order valence-corrected chi connectivity index (χ3v) is 4.29. The van der Waals surface area contributed by atoms with E-state index >= 15 is 0 Å². The van der Waals surface area contributed by atoms with Crippen molar-refractivity contribution in [2.75, 3.05) is 38.3 Å². The Balaban J connectivity index is 1.98. The van der Waals surface area contributed by atoms with Gasteiger partial charge in [0.1, 0.15) is 0 Å². The van der Waals surface area contributed by atoms with Gasteiger partial charge < -0.3 is 15.0 Å². The Bertz CT molecular complexity index is 350. The van der Waals surface area contributed by atoms with Crippen molar-refractivity contribution in [3.05, 3.63) is 11.1 Å². The second kappa shape index (κ2) is 7.07. The van der Waals surface area contributed by atoms with Crippen molar-refractivity contribution in [3.8, 4) is 0 Å². The Morgan fingerprint density at radius 2 is 2.50 bits per heavy atom. The maximum atomic E-state index is 5.21. The number of nitrogens with zero attached hydrogens (tertiary/aromatic N) is 2. The lowest BCUT2D eigenvalue weighted by atomic mass is 10.2. The predicted octanol–water partition coefficient (Wildman–Crippen LogP) is 1.91. The highest BCUT2D eigenvalue weighted by molar-refractivity contribution is 7.13. The molecule has 5 heteroatoms. The number of methoxy groups -OCH3 is 1. The molecule has 1 N–H and O–H groups in total. The lowest BCUT2D eigenvalue weighted by molar-refractivity contribution is 0.204. The van der Waals surface area contributed by atoms with Gasteiger partial charge in [-0.1, -0.05) is 6.92 Å². The minimum Gasteiger partial charge on any atom is -0.383 e. The molecule has 4 nitrogen and oxygen atoms in total. The molecule has 2 heterocycles. The molecule has 1 aliphatic rings. The topological polar surface area (TPSA) is 37.4 Å². The van der Waals surface area contributed by atoms with Crippen LogP contribution in [-0.2, 0) is 11.2 Å². The van der Waals surface area contributed by atoms with E-state index in [0.717, 1.165) is 37.8 Å². The molecule has 0 amide bonds. The van der Waals surface area contributed by atoms with Crippen molar-refractivity contribution in [2.45, 2.75) is 32.2 Å². The molecule has 2 rings (SSSR count). The minimum atomic E-state index is 0.607. The quantitative estimate of drug-likeness (QED) is 0.820. The molecule has 0 spiro atoms. The van der Waals surface area contributed by atoms with E-state index in [1.807, 2.05) is 0 Å². The van der Waals surface area contributed by atoms with Crippen molar-refractivity contribution in [1.29, 1.82) is 0 Å². The van der Waals surface area contributed by atoms with Crippen molar-refractivity contribution in [2.24, 2.45) is 0 Å². The number of thiazole rings is 1. The molecule has 0 bridgehead atoms. The van der Waals surface area contributed by atoms with Crippen LogP contribution in [-0.4, -0.2) is 44.4 Å². The van der Waals surface area contributed by atoms with E-state index in [0.29, 0.717) is 6.04 Å². The molecule has 1 fully saturated rings. The van der Waals surface area contributed by atoms with Crippen LogP contribution >= 0.6 is 11.3 Å². The molecule has 0 saturated carbocycles. The number of ether oxygens (including phenoxy) is 1. The van der Waals surface area contributed by atoms with Crippen molar-refractivity contribution in [3.63, 3.8) is 0 Å². The van der Waals surface area contributed by atoms with Gasteiger partial charge in [0.2, 0.25) is 0 Å². The summed E-state index contributed by atoms with van der Waals surface area (Å²) in [6.07, 6.45) is 3.58. The van der Waals surface area contributed by atoms with Crippen molar-refractivity contribution in [1.82, 2.24) is 10.3 Å². The molecule has 1 unspecified atom stereocenters. The highest BCUT2D eigenvalue weighted by Gasteiger charge is 2.19. The third kappa shape index (κ3) is 3.67. The van der Waals surface area contributed by atoms with Gasteiger partial charge in [0.15, 0.2) is 5.13 Å². The summed E-state index contributed by atoms with van der Waals surface area (Å²) in [5, 5.41) is 6.85. The number of anilines is 1. The zero-order valence-corrected chi connectivity index (χ0v) is 12.1. The molecular weight excluding hydrogens is 246 g/mol. The van der Waals surface area contributed by atoms with Crippen LogP contribution in [0.1, 0.15) is 25.5 Å². The van der Waals surface area contributed by atoms with Crippen molar-refractivity contribution < 1.29 is 4.74 Å². The second-order valence-corrected chi connectivity index (χ2v) is 5.54. The van der Waals surface area contributed by atoms with Gasteiger partial charge in [0, 0.05) is 31.6 Å². The fraction of sp³-hybridized carbons (Fsp3) is 0.769. The van der Waals surface area contributed by atoms with Gasteiger partial charge in [-0.05, 0) is 25.8 Å². The number of aromatic nitrogens is 1. The van der Waals surface area contributed by atoms with E-state index in [1.165, 1.54) is 18.5 Å². The summed E-state index contributed by atoms with van der Waals surface area (Å²) in [5.41, 5.74) is 1.19. The van der Waals surface area contributed by atoms with Crippen LogP contribution in [0.4, 0.5) is 5.13 Å². The summed E-state index contributed by atoms with van der Waals surface area (Å²) in [7, 11) is 1.76. The zero-order chi connectivity index (χ0) is 12.8. The standard InChI is InChI=1S/C13H23N3OS/c1-3-11-10-18-13(15-11)16(7-8-17-2)9-12-5-4-6-14-12/h10,12,14H,3-9H2,1-2H3. The van der Waals surface area contributed by atoms with Gasteiger partial charge in [-0.2, -0.15) is 0 Å². The summed E-state index contributed by atoms with van der Waals surface area (Å²) in [5.74, 6) is 0. The van der Waals surface area contributed by atoms with E-state index in [2.05, 4.69) is 27.5 Å². The highest BCUT2D eigenvalue weighted by atomic mass is 32.1. The predicted molar refractivity (Wildman–Crippen MR) is 76.6 cm³/mol. The van der Waals surface area contributed by atoms with Gasteiger partial charge in [-0.15, -0.1) is 11.3 Å². The van der Waals surface area contributed by atoms with E-state index in [9.17, 15) is 0 Å². The monoisotopic (exact) mass is 269 g/mol. The lowest BCUT2D eigenvalue weighted by Gasteiger charge is -2.25. The highest BCUT2D eigenvalue weighted by Crippen LogP contribution is 2.22. The fourth-order valence-corrected chi connectivity index (χ4v) is 3.19. The van der Waals surface area contributed by atoms with Crippen LogP contribution < -0.4 is 10.2 Å². The van der Waals surface area contributed by atoms with Crippen molar-refractivity contribution >= 4 is 16.5 Å². The first-order valence-electron chi connectivity index (χ1n) is 6.75. The van der Waals surface area contributed by atoms with E-state index in [4.69, 9.17) is 4.74 Å². The average molecular weight is 269 g/mol. The van der Waals surface area contributed by atoms with E-state index < -0.39 is 0 Å². The lowest BCUT2D eigenvalue weighted by Crippen LogP contribution is -2.39. The Kier molecular flexibility index (Phi) is 5.41. The second-order valence-electron chi connectivity index (χ2n) is 4.71. The summed E-state index contributed by atoms with van der Waals surface area (Å²) in [6.45, 7) is 6.02. The van der Waals surface area contributed by atoms with Gasteiger partial charge in [0.05, 0.1) is 12.3 Å². The van der Waals surface area contributed by atoms with Crippen LogP contribution in [0.3, 0.4) is 0 Å². The molecule has 1 atom stereocenters. The zero-order valence-electron chi connectivity index (χ0n) is 11.3. The van der Waals surface area contributed by atoms with E-state index in [1.54, 1.807) is 18.4 Å². The summed E-state index contributed by atoms with van der Waals surface area (Å²) in [4.78, 5) is 7.04. The number of rotatable bonds is 7. The molecule has 1 aromatic rings. The Morgan fingerprint density at radius 1 is 1.61 bits per heavy atom. The normalized spacial score (nSPS) is 19.3. The summed E-state index contributed by atoms with van der Waals surface area (Å²) >= 11 is 1.75. The molecule has 0 radical (unpaired) electrons. The fourth-order valence-electron chi connectivity index (χ4n) is 2.25. The largest absolute Gasteiger partial charge is 0.383 e. The average Bonchev–Trinajstić information content (AvgIpc) is 3.05. The first kappa shape index (κ1) is 13.8. The maximum absolute atomic E-state index is 5.21. The summed E-state index contributed by atoms with van der Waals surface area (Å²) < 4.78 is 5.21. The van der Waals surface area contributed by atoms with Crippen LogP contribution in [0, 0.1) is 0 Å². The molecule has 0 aromatic carbocycles. The Hall–Kier alpha value is -0.650. The van der Waals surface area contributed by atoms with Crippen LogP contribution in [0.5, 0.6) is 0 Å². The van der Waals surface area contributed by atoms with Crippen LogP contribution in [0.2, 0.25) is 0 Å². The summed E-state index contributed by atoms with van der Waals surface area (Å²) in [6, 6.07) is 0.607. The van der Waals surface area contributed by atoms with Gasteiger partial charge in [-0.25, -0.2) is 4.98 Å². The molecule has 1 aliphatic heterocycles. The number of hydrogen-bond acceptors (Lipinski definition) is 5. The van der Waals surface area contributed by atoms with Crippen LogP contribution in [0.15, 0.2) is 5.38 Å². The molecule has 18 heavy (non-hydrogen) atoms. The van der Waals surface area contributed by atoms with Crippen LogP contribution in [0.25, 0.3) is 0 Å². The molecular formula is C13H23N3OS. The third-order valence-electron chi connectivity index (χ3n) is 3.34. The SMILES string of the molecule is CCc1csc(N(CCOC)CC2CCCN2)n1. The number of aryl methyl sites for hydroxylation is 1. The Labute approximate surface area is 113 Å². The number of hydrogen-bond donors (Lipinski definition) is 1. The number of nitrogens with one attached hydrogen (secondary N) is 1. The minimum absolute atomic E-state index is 0.607. The Morgan fingerprint density at radius 3 is 3.11 bits per heavy atom. The molecule has 1 aromatic heterocycles.